The Hall–Kier alpha value is -1.31. The molecule has 4 N–H and O–H groups in total. The van der Waals surface area contributed by atoms with Crippen molar-refractivity contribution in [3.8, 4) is 5.75 Å². The summed E-state index contributed by atoms with van der Waals surface area (Å²) in [7, 11) is -3.79. The van der Waals surface area contributed by atoms with Crippen LogP contribution in [0.1, 0.15) is 18.4 Å². The summed E-state index contributed by atoms with van der Waals surface area (Å²) < 4.78 is 28.7. The van der Waals surface area contributed by atoms with Gasteiger partial charge in [-0.3, -0.25) is 4.90 Å². The number of nitrogens with zero attached hydrogens (tertiary/aromatic N) is 1. The molecule has 0 saturated carbocycles. The number of anilines is 1. The van der Waals surface area contributed by atoms with Crippen molar-refractivity contribution in [3.05, 3.63) is 17.7 Å². The Morgan fingerprint density at radius 1 is 1.30 bits per heavy atom. The van der Waals surface area contributed by atoms with E-state index in [9.17, 15) is 8.42 Å². The molecule has 0 radical (unpaired) electrons. The molecule has 0 spiro atoms. The maximum absolute atomic E-state index is 11.5. The van der Waals surface area contributed by atoms with Gasteiger partial charge in [-0.05, 0) is 38.9 Å². The van der Waals surface area contributed by atoms with Gasteiger partial charge in [0, 0.05) is 23.9 Å². The Balaban J connectivity index is 2.09. The fraction of sp³-hybridized carbons (Fsp3) is 0.538. The van der Waals surface area contributed by atoms with E-state index in [4.69, 9.17) is 15.6 Å². The van der Waals surface area contributed by atoms with Gasteiger partial charge in [0.25, 0.3) is 0 Å². The molecule has 0 atom stereocenters. The van der Waals surface area contributed by atoms with Crippen molar-refractivity contribution in [1.82, 2.24) is 4.90 Å². The predicted octanol–water partition coefficient (Wildman–Crippen LogP) is 0.699. The second kappa shape index (κ2) is 5.99. The third-order valence-corrected chi connectivity index (χ3v) is 4.54. The molecule has 1 aromatic carbocycles. The lowest BCUT2D eigenvalue weighted by molar-refractivity contribution is 0.236. The molecular formula is C13H21N3O3S. The van der Waals surface area contributed by atoms with Gasteiger partial charge in [0.15, 0.2) is 0 Å². The zero-order chi connectivity index (χ0) is 14.8. The van der Waals surface area contributed by atoms with E-state index in [1.807, 2.05) is 0 Å². The van der Waals surface area contributed by atoms with Crippen LogP contribution in [0.15, 0.2) is 17.0 Å². The van der Waals surface area contributed by atoms with Gasteiger partial charge in [0.05, 0.1) is 4.90 Å². The zero-order valence-corrected chi connectivity index (χ0v) is 12.4. The van der Waals surface area contributed by atoms with Gasteiger partial charge in [0.1, 0.15) is 12.4 Å². The SMILES string of the molecule is Cc1c(OCCN2CCCC2)cc(N)cc1S(N)(=O)=O. The smallest absolute Gasteiger partial charge is 0.238 e. The van der Waals surface area contributed by atoms with Crippen molar-refractivity contribution in [1.29, 1.82) is 0 Å². The van der Waals surface area contributed by atoms with E-state index in [-0.39, 0.29) is 4.90 Å². The highest BCUT2D eigenvalue weighted by Gasteiger charge is 2.17. The molecule has 20 heavy (non-hydrogen) atoms. The first-order chi connectivity index (χ1) is 9.38. The van der Waals surface area contributed by atoms with Gasteiger partial charge >= 0.3 is 0 Å². The van der Waals surface area contributed by atoms with Crippen molar-refractivity contribution in [2.45, 2.75) is 24.7 Å². The minimum Gasteiger partial charge on any atom is -0.492 e. The zero-order valence-electron chi connectivity index (χ0n) is 11.6. The van der Waals surface area contributed by atoms with E-state index in [1.54, 1.807) is 13.0 Å². The van der Waals surface area contributed by atoms with E-state index in [1.165, 1.54) is 18.9 Å². The van der Waals surface area contributed by atoms with Crippen LogP contribution in [-0.4, -0.2) is 39.6 Å². The average Bonchev–Trinajstić information content (AvgIpc) is 2.84. The van der Waals surface area contributed by atoms with E-state index >= 15 is 0 Å². The fourth-order valence-electron chi connectivity index (χ4n) is 2.42. The summed E-state index contributed by atoms with van der Waals surface area (Å²) in [6.45, 7) is 5.21. The van der Waals surface area contributed by atoms with Crippen LogP contribution in [0.5, 0.6) is 5.75 Å². The summed E-state index contributed by atoms with van der Waals surface area (Å²) in [6, 6.07) is 2.99. The van der Waals surface area contributed by atoms with E-state index < -0.39 is 10.0 Å². The summed E-state index contributed by atoms with van der Waals surface area (Å²) in [5, 5.41) is 5.18. The molecule has 0 unspecified atom stereocenters. The fourth-order valence-corrected chi connectivity index (χ4v) is 3.25. The number of primary sulfonamides is 1. The molecule has 1 saturated heterocycles. The van der Waals surface area contributed by atoms with Crippen molar-refractivity contribution in [2.75, 3.05) is 32.0 Å². The minimum absolute atomic E-state index is 0.0219. The topological polar surface area (TPSA) is 98.7 Å². The number of hydrogen-bond acceptors (Lipinski definition) is 5. The maximum Gasteiger partial charge on any atom is 0.238 e. The summed E-state index contributed by atoms with van der Waals surface area (Å²) in [6.07, 6.45) is 2.46. The summed E-state index contributed by atoms with van der Waals surface area (Å²) in [4.78, 5) is 2.34. The Labute approximate surface area is 119 Å². The Bertz CT molecular complexity index is 581. The third kappa shape index (κ3) is 3.62. The first-order valence-electron chi connectivity index (χ1n) is 6.66. The number of likely N-dealkylation sites (tertiary alicyclic amines) is 1. The standard InChI is InChI=1S/C13H21N3O3S/c1-10-12(19-7-6-16-4-2-3-5-16)8-11(14)9-13(10)20(15,17)18/h8-9H,2-7,14H2,1H3,(H2,15,17,18). The van der Waals surface area contributed by atoms with E-state index in [0.29, 0.717) is 23.6 Å². The van der Waals surface area contributed by atoms with Gasteiger partial charge in [-0.15, -0.1) is 0 Å². The van der Waals surface area contributed by atoms with Crippen LogP contribution in [0.4, 0.5) is 5.69 Å². The molecular weight excluding hydrogens is 278 g/mol. The van der Waals surface area contributed by atoms with Gasteiger partial charge in [-0.25, -0.2) is 13.6 Å². The van der Waals surface area contributed by atoms with Gasteiger partial charge in [-0.2, -0.15) is 0 Å². The quantitative estimate of drug-likeness (QED) is 0.780. The second-order valence-electron chi connectivity index (χ2n) is 5.08. The third-order valence-electron chi connectivity index (χ3n) is 3.51. The van der Waals surface area contributed by atoms with Crippen LogP contribution in [0, 0.1) is 6.92 Å². The van der Waals surface area contributed by atoms with Crippen LogP contribution in [-0.2, 0) is 10.0 Å². The van der Waals surface area contributed by atoms with Crippen molar-refractivity contribution >= 4 is 15.7 Å². The van der Waals surface area contributed by atoms with Crippen LogP contribution in [0.2, 0.25) is 0 Å². The van der Waals surface area contributed by atoms with Crippen molar-refractivity contribution < 1.29 is 13.2 Å². The van der Waals surface area contributed by atoms with Gasteiger partial charge in [-0.1, -0.05) is 0 Å². The predicted molar refractivity (Wildman–Crippen MR) is 78.1 cm³/mol. The highest BCUT2D eigenvalue weighted by Crippen LogP contribution is 2.28. The summed E-state index contributed by atoms with van der Waals surface area (Å²) in [5.74, 6) is 0.480. The minimum atomic E-state index is -3.79. The number of ether oxygens (including phenoxy) is 1. The molecule has 1 aliphatic rings. The number of nitrogens with two attached hydrogens (primary N) is 2. The van der Waals surface area contributed by atoms with Crippen molar-refractivity contribution in [2.24, 2.45) is 5.14 Å². The summed E-state index contributed by atoms with van der Waals surface area (Å²) >= 11 is 0. The van der Waals surface area contributed by atoms with Gasteiger partial charge in [0.2, 0.25) is 10.0 Å². The first kappa shape index (κ1) is 15.1. The largest absolute Gasteiger partial charge is 0.492 e. The molecule has 1 heterocycles. The number of sulfonamides is 1. The molecule has 112 valence electrons. The monoisotopic (exact) mass is 299 g/mol. The maximum atomic E-state index is 11.5. The van der Waals surface area contributed by atoms with Crippen LogP contribution < -0.4 is 15.6 Å². The first-order valence-corrected chi connectivity index (χ1v) is 8.20. The number of hydrogen-bond donors (Lipinski definition) is 2. The summed E-state index contributed by atoms with van der Waals surface area (Å²) in [5.41, 5.74) is 6.54. The molecule has 1 aromatic rings. The molecule has 1 fully saturated rings. The normalized spacial score (nSPS) is 16.5. The lowest BCUT2D eigenvalue weighted by atomic mass is 10.2. The average molecular weight is 299 g/mol. The Morgan fingerprint density at radius 2 is 1.95 bits per heavy atom. The van der Waals surface area contributed by atoms with E-state index in [2.05, 4.69) is 4.90 Å². The van der Waals surface area contributed by atoms with Crippen LogP contribution in [0.25, 0.3) is 0 Å². The van der Waals surface area contributed by atoms with Crippen LogP contribution in [0.3, 0.4) is 0 Å². The lowest BCUT2D eigenvalue weighted by Gasteiger charge is -2.17. The van der Waals surface area contributed by atoms with Gasteiger partial charge < -0.3 is 10.5 Å². The van der Waals surface area contributed by atoms with E-state index in [0.717, 1.165) is 19.6 Å². The van der Waals surface area contributed by atoms with Crippen molar-refractivity contribution in [3.63, 3.8) is 0 Å². The highest BCUT2D eigenvalue weighted by atomic mass is 32.2. The van der Waals surface area contributed by atoms with Crippen LogP contribution >= 0.6 is 0 Å². The highest BCUT2D eigenvalue weighted by molar-refractivity contribution is 7.89. The molecule has 2 rings (SSSR count). The molecule has 1 aliphatic heterocycles. The lowest BCUT2D eigenvalue weighted by Crippen LogP contribution is -2.25. The molecule has 0 amide bonds. The number of nitrogen functional groups attached to an aromatic ring is 1. The second-order valence-corrected chi connectivity index (χ2v) is 6.61. The molecule has 0 bridgehead atoms. The molecule has 0 aromatic heterocycles. The number of rotatable bonds is 5. The molecule has 7 heteroatoms. The Kier molecular flexibility index (Phi) is 4.52. The molecule has 0 aliphatic carbocycles. The molecule has 6 nitrogen and oxygen atoms in total. The number of benzene rings is 1. The Morgan fingerprint density at radius 3 is 2.55 bits per heavy atom.